The van der Waals surface area contributed by atoms with Gasteiger partial charge in [0.15, 0.2) is 5.69 Å². The minimum Gasteiger partial charge on any atom is -0.383 e. The molecule has 0 radical (unpaired) electrons. The van der Waals surface area contributed by atoms with Crippen molar-refractivity contribution < 1.29 is 27.1 Å². The van der Waals surface area contributed by atoms with Crippen LogP contribution in [0.1, 0.15) is 52.8 Å². The molecule has 3 aromatic rings. The Bertz CT molecular complexity index is 1200. The van der Waals surface area contributed by atoms with Crippen molar-refractivity contribution in [2.24, 2.45) is 0 Å². The maximum absolute atomic E-state index is 14.9. The highest BCUT2D eigenvalue weighted by molar-refractivity contribution is 5.99. The first-order chi connectivity index (χ1) is 15.1. The fraction of sp³-hybridized carbons (Fsp3) is 0.333. The Kier molecular flexibility index (Phi) is 5.45. The number of pyridine rings is 1. The summed E-state index contributed by atoms with van der Waals surface area (Å²) < 4.78 is 58.6. The van der Waals surface area contributed by atoms with Gasteiger partial charge in [-0.25, -0.2) is 9.37 Å². The quantitative estimate of drug-likeness (QED) is 0.605. The van der Waals surface area contributed by atoms with E-state index >= 15 is 0 Å². The molecular formula is C21H19F4N5O2. The van der Waals surface area contributed by atoms with Crippen LogP contribution in [0.25, 0.3) is 10.9 Å². The lowest BCUT2D eigenvalue weighted by atomic mass is 10.0. The molecule has 4 rings (SSSR count). The molecule has 7 nitrogen and oxygen atoms in total. The number of alkyl halides is 3. The summed E-state index contributed by atoms with van der Waals surface area (Å²) in [6.07, 6.45) is -4.62. The minimum absolute atomic E-state index is 0.151. The van der Waals surface area contributed by atoms with E-state index in [1.807, 2.05) is 0 Å². The summed E-state index contributed by atoms with van der Waals surface area (Å²) in [4.78, 5) is 18.7. The maximum Gasteiger partial charge on any atom is 0.435 e. The van der Waals surface area contributed by atoms with Crippen molar-refractivity contribution in [1.29, 1.82) is 0 Å². The average molecular weight is 449 g/mol. The van der Waals surface area contributed by atoms with Crippen molar-refractivity contribution in [2.45, 2.75) is 39.3 Å². The van der Waals surface area contributed by atoms with Crippen LogP contribution in [-0.4, -0.2) is 32.5 Å². The first-order valence-corrected chi connectivity index (χ1v) is 9.81. The summed E-state index contributed by atoms with van der Waals surface area (Å²) >= 11 is 0. The van der Waals surface area contributed by atoms with Gasteiger partial charge in [0.25, 0.3) is 5.91 Å². The number of anilines is 1. The van der Waals surface area contributed by atoms with Gasteiger partial charge in [-0.3, -0.25) is 4.79 Å². The molecule has 0 aliphatic carbocycles. The predicted molar refractivity (Wildman–Crippen MR) is 107 cm³/mol. The zero-order valence-electron chi connectivity index (χ0n) is 17.2. The topological polar surface area (TPSA) is 94.2 Å². The van der Waals surface area contributed by atoms with E-state index in [2.05, 4.69) is 15.2 Å². The van der Waals surface area contributed by atoms with E-state index in [1.54, 1.807) is 13.8 Å². The number of amides is 1. The Balaban J connectivity index is 1.70. The lowest BCUT2D eigenvalue weighted by Gasteiger charge is -2.28. The monoisotopic (exact) mass is 449 g/mol. The number of benzene rings is 1. The second-order valence-electron chi connectivity index (χ2n) is 7.40. The number of carbonyl (C=O) groups excluding carboxylic acids is 1. The highest BCUT2D eigenvalue weighted by Crippen LogP contribution is 2.33. The van der Waals surface area contributed by atoms with E-state index in [4.69, 9.17) is 10.5 Å². The fourth-order valence-electron chi connectivity index (χ4n) is 3.78. The van der Waals surface area contributed by atoms with Crippen molar-refractivity contribution >= 4 is 22.6 Å². The van der Waals surface area contributed by atoms with Gasteiger partial charge in [-0.1, -0.05) is 0 Å². The molecule has 168 valence electrons. The summed E-state index contributed by atoms with van der Waals surface area (Å²) in [6.45, 7) is 3.99. The van der Waals surface area contributed by atoms with E-state index < -0.39 is 29.6 Å². The predicted octanol–water partition coefficient (Wildman–Crippen LogP) is 4.02. The number of hydrogen-bond donors (Lipinski definition) is 1. The van der Waals surface area contributed by atoms with Crippen LogP contribution < -0.4 is 5.73 Å². The van der Waals surface area contributed by atoms with Gasteiger partial charge in [-0.15, -0.1) is 5.10 Å². The molecule has 1 amide bonds. The van der Waals surface area contributed by atoms with E-state index in [0.29, 0.717) is 16.5 Å². The van der Waals surface area contributed by atoms with Gasteiger partial charge in [-0.2, -0.15) is 18.3 Å². The van der Waals surface area contributed by atoms with Crippen molar-refractivity contribution in [2.75, 3.05) is 12.3 Å². The van der Waals surface area contributed by atoms with Crippen LogP contribution in [0.15, 0.2) is 24.3 Å². The van der Waals surface area contributed by atoms with Crippen LogP contribution in [0.2, 0.25) is 0 Å². The van der Waals surface area contributed by atoms with Crippen molar-refractivity contribution in [3.63, 3.8) is 0 Å². The van der Waals surface area contributed by atoms with Gasteiger partial charge < -0.3 is 15.4 Å². The van der Waals surface area contributed by atoms with Crippen LogP contribution >= 0.6 is 0 Å². The largest absolute Gasteiger partial charge is 0.435 e. The number of nitrogen functional groups attached to an aromatic ring is 1. The summed E-state index contributed by atoms with van der Waals surface area (Å²) in [5.41, 5.74) is 6.53. The number of fused-ring (bicyclic) bond motifs is 3. The highest BCUT2D eigenvalue weighted by atomic mass is 19.4. The zero-order valence-corrected chi connectivity index (χ0v) is 17.2. The molecule has 2 aromatic heterocycles. The number of rotatable bonds is 4. The highest BCUT2D eigenvalue weighted by Gasteiger charge is 2.34. The Labute approximate surface area is 180 Å². The van der Waals surface area contributed by atoms with Crippen LogP contribution in [0.5, 0.6) is 0 Å². The van der Waals surface area contributed by atoms with Crippen LogP contribution in [-0.2, 0) is 24.1 Å². The Morgan fingerprint density at radius 3 is 2.56 bits per heavy atom. The molecule has 0 saturated heterocycles. The normalized spacial score (nSPS) is 14.4. The van der Waals surface area contributed by atoms with Crippen LogP contribution in [0.4, 0.5) is 23.4 Å². The number of nitrogens with two attached hydrogens (primary N) is 1. The van der Waals surface area contributed by atoms with Gasteiger partial charge >= 0.3 is 6.18 Å². The summed E-state index contributed by atoms with van der Waals surface area (Å²) in [6, 6.07) is 3.78. The fourth-order valence-corrected chi connectivity index (χ4v) is 3.78. The third kappa shape index (κ3) is 3.72. The van der Waals surface area contributed by atoms with Gasteiger partial charge in [0.1, 0.15) is 11.6 Å². The Morgan fingerprint density at radius 1 is 1.22 bits per heavy atom. The van der Waals surface area contributed by atoms with E-state index in [0.717, 1.165) is 23.8 Å². The molecule has 1 aliphatic rings. The first-order valence-electron chi connectivity index (χ1n) is 9.81. The van der Waals surface area contributed by atoms with Crippen LogP contribution in [0, 0.1) is 5.82 Å². The SMILES string of the molecule is CCN(C(=O)c1cc2c3c(c(N)nc2cc1F)COC3)C(C)c1ccc(C(F)(F)F)nn1. The number of carbonyl (C=O) groups is 1. The molecule has 11 heteroatoms. The van der Waals surface area contributed by atoms with E-state index in [-0.39, 0.29) is 36.8 Å². The van der Waals surface area contributed by atoms with Crippen molar-refractivity contribution in [1.82, 2.24) is 20.1 Å². The molecule has 0 fully saturated rings. The van der Waals surface area contributed by atoms with Gasteiger partial charge in [-0.05, 0) is 37.6 Å². The number of aromatic nitrogens is 3. The minimum atomic E-state index is -4.62. The van der Waals surface area contributed by atoms with Gasteiger partial charge in [0, 0.05) is 23.6 Å². The Morgan fingerprint density at radius 2 is 1.94 bits per heavy atom. The summed E-state index contributed by atoms with van der Waals surface area (Å²) in [7, 11) is 0. The molecule has 2 N–H and O–H groups in total. The van der Waals surface area contributed by atoms with Crippen molar-refractivity contribution in [3.05, 3.63) is 58.2 Å². The molecule has 1 atom stereocenters. The Hall–Kier alpha value is -3.34. The number of ether oxygens (including phenoxy) is 1. The standard InChI is InChI=1S/C21H19F4N5O2/c1-3-30(10(2)16-4-5-18(29-28-16)21(23,24)25)20(31)12-6-11-13-8-32-9-14(13)19(26)27-17(11)7-15(12)22/h4-7,10H,3,8-9H2,1-2H3,(H2,26,27). The molecular weight excluding hydrogens is 430 g/mol. The lowest BCUT2D eigenvalue weighted by Crippen LogP contribution is -2.34. The van der Waals surface area contributed by atoms with Gasteiger partial charge in [0.2, 0.25) is 0 Å². The van der Waals surface area contributed by atoms with Gasteiger partial charge in [0.05, 0.1) is 36.0 Å². The third-order valence-electron chi connectivity index (χ3n) is 5.52. The summed E-state index contributed by atoms with van der Waals surface area (Å²) in [5, 5.41) is 7.39. The van der Waals surface area contributed by atoms with E-state index in [1.165, 1.54) is 11.0 Å². The maximum atomic E-state index is 14.9. The molecule has 1 aromatic carbocycles. The lowest BCUT2D eigenvalue weighted by molar-refractivity contribution is -0.141. The number of halogens is 4. The third-order valence-corrected chi connectivity index (χ3v) is 5.52. The molecule has 0 saturated carbocycles. The second kappa shape index (κ2) is 7.97. The van der Waals surface area contributed by atoms with E-state index in [9.17, 15) is 22.4 Å². The zero-order chi connectivity index (χ0) is 23.2. The second-order valence-corrected chi connectivity index (χ2v) is 7.40. The smallest absolute Gasteiger partial charge is 0.383 e. The average Bonchev–Trinajstić information content (AvgIpc) is 3.24. The van der Waals surface area contributed by atoms with Crippen molar-refractivity contribution in [3.8, 4) is 0 Å². The number of nitrogens with zero attached hydrogens (tertiary/aromatic N) is 4. The molecule has 0 bridgehead atoms. The number of hydrogen-bond acceptors (Lipinski definition) is 6. The van der Waals surface area contributed by atoms with Crippen LogP contribution in [0.3, 0.4) is 0 Å². The summed E-state index contributed by atoms with van der Waals surface area (Å²) in [5.74, 6) is -1.16. The molecule has 1 unspecified atom stereocenters. The molecule has 1 aliphatic heterocycles. The molecule has 32 heavy (non-hydrogen) atoms. The molecule has 3 heterocycles. The first kappa shape index (κ1) is 21.9. The molecule has 0 spiro atoms.